The van der Waals surface area contributed by atoms with Crippen LogP contribution in [-0.2, 0) is 4.79 Å². The van der Waals surface area contributed by atoms with E-state index in [0.29, 0.717) is 11.1 Å². The lowest BCUT2D eigenvalue weighted by molar-refractivity contribution is -0.117. The van der Waals surface area contributed by atoms with E-state index in [4.69, 9.17) is 11.6 Å². The second-order valence-corrected chi connectivity index (χ2v) is 7.63. The number of benzene rings is 3. The number of phenolic OH excluding ortho intramolecular Hbond substituents is 1. The first-order chi connectivity index (χ1) is 14.9. The zero-order chi connectivity index (χ0) is 22.2. The van der Waals surface area contributed by atoms with E-state index in [1.807, 2.05) is 18.2 Å². The van der Waals surface area contributed by atoms with Crippen LogP contribution >= 0.6 is 27.5 Å². The lowest BCUT2D eigenvalue weighted by atomic mass is 10.1. The summed E-state index contributed by atoms with van der Waals surface area (Å²) < 4.78 is 0.745. The van der Waals surface area contributed by atoms with Crippen molar-refractivity contribution < 1.29 is 14.7 Å². The number of hydrogen-bond acceptors (Lipinski definition) is 4. The zero-order valence-electron chi connectivity index (χ0n) is 16.0. The average molecular weight is 499 g/mol. The number of carbonyl (C=O) groups excluding carboxylic acids is 2. The summed E-state index contributed by atoms with van der Waals surface area (Å²) in [6.45, 7) is 0. The Hall–Kier alpha value is -3.42. The number of phenols is 1. The van der Waals surface area contributed by atoms with Gasteiger partial charge < -0.3 is 10.4 Å². The van der Waals surface area contributed by atoms with Gasteiger partial charge in [-0.25, -0.2) is 5.43 Å². The van der Waals surface area contributed by atoms with Crippen molar-refractivity contribution in [3.63, 3.8) is 0 Å². The van der Waals surface area contributed by atoms with Crippen LogP contribution in [-0.4, -0.2) is 23.1 Å². The average Bonchev–Trinajstić information content (AvgIpc) is 2.76. The maximum absolute atomic E-state index is 12.7. The van der Waals surface area contributed by atoms with E-state index in [2.05, 4.69) is 31.8 Å². The van der Waals surface area contributed by atoms with E-state index in [1.54, 1.807) is 48.5 Å². The molecule has 156 valence electrons. The van der Waals surface area contributed by atoms with Crippen molar-refractivity contribution in [3.8, 4) is 5.75 Å². The van der Waals surface area contributed by atoms with Crippen LogP contribution in [0, 0.1) is 0 Å². The standard InChI is InChI=1S/C23H17BrClN3O3/c24-17-10-11-21(29)16(13-17)14-26-28-23(31)20(12-15-6-2-1-3-7-15)27-22(30)18-8-4-5-9-19(18)25/h1-14,29H,(H,27,30)(H,28,31)/b20-12?,26-14+. The van der Waals surface area contributed by atoms with E-state index in [9.17, 15) is 14.7 Å². The quantitative estimate of drug-likeness (QED) is 0.261. The number of rotatable bonds is 6. The molecule has 0 saturated carbocycles. The number of hydrazone groups is 1. The van der Waals surface area contributed by atoms with Crippen molar-refractivity contribution in [2.75, 3.05) is 0 Å². The van der Waals surface area contributed by atoms with Crippen LogP contribution in [0.4, 0.5) is 0 Å². The topological polar surface area (TPSA) is 90.8 Å². The van der Waals surface area contributed by atoms with E-state index in [1.165, 1.54) is 18.4 Å². The summed E-state index contributed by atoms with van der Waals surface area (Å²) in [6.07, 6.45) is 2.82. The third-order valence-electron chi connectivity index (χ3n) is 4.08. The molecule has 0 bridgehead atoms. The molecule has 6 nitrogen and oxygen atoms in total. The Kier molecular flexibility index (Phi) is 7.59. The Morgan fingerprint density at radius 3 is 2.45 bits per heavy atom. The van der Waals surface area contributed by atoms with E-state index in [0.717, 1.165) is 4.47 Å². The summed E-state index contributed by atoms with van der Waals surface area (Å²) in [5.74, 6) is -1.17. The van der Waals surface area contributed by atoms with Crippen molar-refractivity contribution in [2.24, 2.45) is 5.10 Å². The smallest absolute Gasteiger partial charge is 0.287 e. The third kappa shape index (κ3) is 6.28. The monoisotopic (exact) mass is 497 g/mol. The van der Waals surface area contributed by atoms with E-state index < -0.39 is 11.8 Å². The van der Waals surface area contributed by atoms with Gasteiger partial charge in [-0.3, -0.25) is 9.59 Å². The lowest BCUT2D eigenvalue weighted by Crippen LogP contribution is -2.33. The van der Waals surface area contributed by atoms with Gasteiger partial charge in [-0.05, 0) is 42.0 Å². The number of amides is 2. The molecule has 3 N–H and O–H groups in total. The number of hydrogen-bond donors (Lipinski definition) is 3. The van der Waals surface area contributed by atoms with Gasteiger partial charge >= 0.3 is 0 Å². The van der Waals surface area contributed by atoms with Gasteiger partial charge in [0.05, 0.1) is 16.8 Å². The minimum Gasteiger partial charge on any atom is -0.507 e. The molecule has 3 aromatic rings. The second-order valence-electron chi connectivity index (χ2n) is 6.30. The minimum absolute atomic E-state index is 0.00766. The van der Waals surface area contributed by atoms with Gasteiger partial charge in [-0.2, -0.15) is 5.10 Å². The SMILES string of the molecule is O=C(N/N=C/c1cc(Br)ccc1O)C(=Cc1ccccc1)NC(=O)c1ccccc1Cl. The molecule has 0 saturated heterocycles. The molecule has 0 heterocycles. The molecule has 8 heteroatoms. The fourth-order valence-electron chi connectivity index (χ4n) is 2.56. The molecule has 0 radical (unpaired) electrons. The van der Waals surface area contributed by atoms with Gasteiger partial charge in [-0.1, -0.05) is 70.0 Å². The zero-order valence-corrected chi connectivity index (χ0v) is 18.4. The molecule has 0 aromatic heterocycles. The van der Waals surface area contributed by atoms with Crippen molar-refractivity contribution in [1.29, 1.82) is 0 Å². The molecule has 0 fully saturated rings. The summed E-state index contributed by atoms with van der Waals surface area (Å²) in [7, 11) is 0. The van der Waals surface area contributed by atoms with Gasteiger partial charge in [0, 0.05) is 10.0 Å². The lowest BCUT2D eigenvalue weighted by Gasteiger charge is -2.10. The Balaban J connectivity index is 1.82. The van der Waals surface area contributed by atoms with Crippen LogP contribution in [0.3, 0.4) is 0 Å². The Morgan fingerprint density at radius 2 is 1.71 bits per heavy atom. The van der Waals surface area contributed by atoms with Gasteiger partial charge in [-0.15, -0.1) is 0 Å². The number of carbonyl (C=O) groups is 2. The molecule has 0 aliphatic carbocycles. The fourth-order valence-corrected chi connectivity index (χ4v) is 3.16. The van der Waals surface area contributed by atoms with Crippen molar-refractivity contribution in [1.82, 2.24) is 10.7 Å². The first-order valence-corrected chi connectivity index (χ1v) is 10.3. The largest absolute Gasteiger partial charge is 0.507 e. The first kappa shape index (κ1) is 22.3. The molecule has 31 heavy (non-hydrogen) atoms. The highest BCUT2D eigenvalue weighted by Crippen LogP contribution is 2.20. The molecule has 0 spiro atoms. The molecule has 0 atom stereocenters. The van der Waals surface area contributed by atoms with Crippen LogP contribution in [0.2, 0.25) is 5.02 Å². The van der Waals surface area contributed by atoms with Gasteiger partial charge in [0.15, 0.2) is 0 Å². The fraction of sp³-hybridized carbons (Fsp3) is 0. The Bertz CT molecular complexity index is 1160. The normalized spacial score (nSPS) is 11.4. The molecular formula is C23H17BrClN3O3. The Morgan fingerprint density at radius 1 is 1.00 bits per heavy atom. The molecule has 3 aromatic carbocycles. The van der Waals surface area contributed by atoms with Crippen molar-refractivity contribution in [2.45, 2.75) is 0 Å². The van der Waals surface area contributed by atoms with Crippen LogP contribution in [0.25, 0.3) is 6.08 Å². The maximum atomic E-state index is 12.7. The van der Waals surface area contributed by atoms with Gasteiger partial charge in [0.25, 0.3) is 11.8 Å². The number of nitrogens with one attached hydrogen (secondary N) is 2. The highest BCUT2D eigenvalue weighted by Gasteiger charge is 2.16. The number of halogens is 2. The molecular weight excluding hydrogens is 482 g/mol. The van der Waals surface area contributed by atoms with E-state index in [-0.39, 0.29) is 22.0 Å². The summed E-state index contributed by atoms with van der Waals surface area (Å²) in [5.41, 5.74) is 3.69. The van der Waals surface area contributed by atoms with E-state index >= 15 is 0 Å². The first-order valence-electron chi connectivity index (χ1n) is 9.08. The predicted octanol–water partition coefficient (Wildman–Crippen LogP) is 4.73. The highest BCUT2D eigenvalue weighted by molar-refractivity contribution is 9.10. The summed E-state index contributed by atoms with van der Waals surface area (Å²) in [5, 5.41) is 16.6. The third-order valence-corrected chi connectivity index (χ3v) is 4.90. The molecule has 2 amide bonds. The second kappa shape index (κ2) is 10.6. The Labute approximate surface area is 192 Å². The van der Waals surface area contributed by atoms with Crippen molar-refractivity contribution in [3.05, 3.63) is 105 Å². The minimum atomic E-state index is -0.644. The summed E-state index contributed by atoms with van der Waals surface area (Å²) in [4.78, 5) is 25.4. The highest BCUT2D eigenvalue weighted by atomic mass is 79.9. The number of aromatic hydroxyl groups is 1. The summed E-state index contributed by atoms with van der Waals surface area (Å²) >= 11 is 9.39. The van der Waals surface area contributed by atoms with Gasteiger partial charge in [0.1, 0.15) is 11.4 Å². The van der Waals surface area contributed by atoms with Gasteiger partial charge in [0.2, 0.25) is 0 Å². The molecule has 3 rings (SSSR count). The van der Waals surface area contributed by atoms with Crippen molar-refractivity contribution >= 4 is 51.6 Å². The molecule has 0 aliphatic heterocycles. The van der Waals surface area contributed by atoms with Crippen LogP contribution in [0.15, 0.2) is 88.1 Å². The molecule has 0 unspecified atom stereocenters. The van der Waals surface area contributed by atoms with Crippen LogP contribution in [0.1, 0.15) is 21.5 Å². The predicted molar refractivity (Wildman–Crippen MR) is 125 cm³/mol. The maximum Gasteiger partial charge on any atom is 0.287 e. The summed E-state index contributed by atoms with van der Waals surface area (Å²) in [6, 6.07) is 20.4. The molecule has 0 aliphatic rings. The van der Waals surface area contributed by atoms with Crippen LogP contribution < -0.4 is 10.7 Å². The van der Waals surface area contributed by atoms with Crippen LogP contribution in [0.5, 0.6) is 5.75 Å². The number of nitrogens with zero attached hydrogens (tertiary/aromatic N) is 1.